The summed E-state index contributed by atoms with van der Waals surface area (Å²) in [5, 5.41) is 9.76. The van der Waals surface area contributed by atoms with Crippen LogP contribution < -0.4 is 4.74 Å². The summed E-state index contributed by atoms with van der Waals surface area (Å²) in [6.45, 7) is 1.17. The fourth-order valence-corrected chi connectivity index (χ4v) is 3.31. The monoisotopic (exact) mass is 289 g/mol. The molecule has 22 heavy (non-hydrogen) atoms. The van der Waals surface area contributed by atoms with Gasteiger partial charge in [-0.25, -0.2) is 0 Å². The third-order valence-electron chi connectivity index (χ3n) is 4.33. The predicted octanol–water partition coefficient (Wildman–Crippen LogP) is 3.74. The fourth-order valence-electron chi connectivity index (χ4n) is 3.31. The van der Waals surface area contributed by atoms with E-state index in [1.54, 1.807) is 0 Å². The van der Waals surface area contributed by atoms with Gasteiger partial charge < -0.3 is 9.47 Å². The van der Waals surface area contributed by atoms with E-state index in [4.69, 9.17) is 9.47 Å². The predicted molar refractivity (Wildman–Crippen MR) is 83.1 cm³/mol. The summed E-state index contributed by atoms with van der Waals surface area (Å²) in [5.41, 5.74) is 2.76. The number of rotatable bonds is 1. The highest BCUT2D eigenvalue weighted by atomic mass is 16.5. The van der Waals surface area contributed by atoms with E-state index < -0.39 is 0 Å². The second kappa shape index (κ2) is 5.23. The number of nitrogens with zero attached hydrogens (tertiary/aromatic N) is 1. The molecule has 0 unspecified atom stereocenters. The van der Waals surface area contributed by atoms with E-state index in [9.17, 15) is 5.26 Å². The molecule has 0 saturated heterocycles. The molecule has 108 valence electrons. The van der Waals surface area contributed by atoms with Gasteiger partial charge in [-0.15, -0.1) is 0 Å². The van der Waals surface area contributed by atoms with Gasteiger partial charge in [0.25, 0.3) is 0 Å². The molecule has 4 rings (SSSR count). The Balaban J connectivity index is 1.89. The molecule has 2 heterocycles. The maximum absolute atomic E-state index is 9.76. The lowest BCUT2D eigenvalue weighted by Gasteiger charge is -2.37. The van der Waals surface area contributed by atoms with Crippen LogP contribution >= 0.6 is 0 Å². The van der Waals surface area contributed by atoms with E-state index in [2.05, 4.69) is 12.1 Å². The molecule has 3 heteroatoms. The van der Waals surface area contributed by atoms with Crippen LogP contribution in [0.5, 0.6) is 5.75 Å². The van der Waals surface area contributed by atoms with Crippen LogP contribution in [0.4, 0.5) is 0 Å². The van der Waals surface area contributed by atoms with Crippen LogP contribution in [-0.2, 0) is 4.74 Å². The summed E-state index contributed by atoms with van der Waals surface area (Å²) in [5.74, 6) is 1.84. The van der Waals surface area contributed by atoms with Crippen molar-refractivity contribution < 1.29 is 9.47 Å². The zero-order chi connectivity index (χ0) is 14.9. The van der Waals surface area contributed by atoms with E-state index in [1.807, 2.05) is 48.5 Å². The molecule has 0 amide bonds. The van der Waals surface area contributed by atoms with Crippen molar-refractivity contribution in [2.75, 3.05) is 13.2 Å². The van der Waals surface area contributed by atoms with E-state index in [1.165, 1.54) is 0 Å². The first-order chi connectivity index (χ1) is 10.9. The van der Waals surface area contributed by atoms with E-state index in [0.29, 0.717) is 24.5 Å². The molecule has 2 aliphatic heterocycles. The van der Waals surface area contributed by atoms with Gasteiger partial charge in [-0.1, -0.05) is 48.5 Å². The lowest BCUT2D eigenvalue weighted by atomic mass is 9.77. The van der Waals surface area contributed by atoms with Crippen molar-refractivity contribution in [1.29, 1.82) is 5.26 Å². The molecule has 2 aliphatic rings. The van der Waals surface area contributed by atoms with Crippen molar-refractivity contribution >= 4 is 5.76 Å². The molecule has 2 aromatic rings. The number of hydrogen-bond donors (Lipinski definition) is 0. The number of para-hydroxylation sites is 1. The van der Waals surface area contributed by atoms with Gasteiger partial charge in [-0.05, 0) is 6.07 Å². The summed E-state index contributed by atoms with van der Waals surface area (Å²) in [4.78, 5) is 0. The van der Waals surface area contributed by atoms with Crippen molar-refractivity contribution in [2.24, 2.45) is 5.92 Å². The Labute approximate surface area is 129 Å². The summed E-state index contributed by atoms with van der Waals surface area (Å²) < 4.78 is 11.7. The summed E-state index contributed by atoms with van der Waals surface area (Å²) in [6, 6.07) is 20.2. The fraction of sp³-hybridized carbons (Fsp3) is 0.211. The molecule has 0 N–H and O–H groups in total. The van der Waals surface area contributed by atoms with Crippen LogP contribution in [0.15, 0.2) is 60.2 Å². The Morgan fingerprint density at radius 1 is 0.909 bits per heavy atom. The SMILES string of the molecule is N#CC1=C(c2ccccc2)OC[C@H]2COc3ccccc3[C@@H]12. The summed E-state index contributed by atoms with van der Waals surface area (Å²) in [6.07, 6.45) is 0. The molecule has 0 bridgehead atoms. The first-order valence-electron chi connectivity index (χ1n) is 7.42. The second-order valence-corrected chi connectivity index (χ2v) is 5.62. The quantitative estimate of drug-likeness (QED) is 0.803. The standard InChI is InChI=1S/C19H15NO2/c20-10-16-18-14(11-21-17-9-5-4-8-15(17)18)12-22-19(16)13-6-2-1-3-7-13/h1-9,14,18H,11-12H2/t14-,18+/m1/s1. The Hall–Kier alpha value is -2.73. The molecule has 0 spiro atoms. The van der Waals surface area contributed by atoms with E-state index in [0.717, 1.165) is 16.9 Å². The highest BCUT2D eigenvalue weighted by Gasteiger charge is 2.39. The number of benzene rings is 2. The number of fused-ring (bicyclic) bond motifs is 3. The maximum Gasteiger partial charge on any atom is 0.140 e. The number of allylic oxidation sites excluding steroid dienone is 1. The molecule has 0 aliphatic carbocycles. The summed E-state index contributed by atoms with van der Waals surface area (Å²) in [7, 11) is 0. The smallest absolute Gasteiger partial charge is 0.140 e. The van der Waals surface area contributed by atoms with Gasteiger partial charge in [-0.3, -0.25) is 0 Å². The Morgan fingerprint density at radius 2 is 1.64 bits per heavy atom. The first-order valence-corrected chi connectivity index (χ1v) is 7.42. The molecule has 0 saturated carbocycles. The lowest BCUT2D eigenvalue weighted by Crippen LogP contribution is -2.34. The molecule has 3 nitrogen and oxygen atoms in total. The summed E-state index contributed by atoms with van der Waals surface area (Å²) >= 11 is 0. The van der Waals surface area contributed by atoms with E-state index >= 15 is 0 Å². The van der Waals surface area contributed by atoms with Gasteiger partial charge in [0.2, 0.25) is 0 Å². The van der Waals surface area contributed by atoms with Crippen LogP contribution in [0.2, 0.25) is 0 Å². The minimum absolute atomic E-state index is 0.0545. The van der Waals surface area contributed by atoms with Gasteiger partial charge in [0.15, 0.2) is 0 Å². The highest BCUT2D eigenvalue weighted by molar-refractivity contribution is 5.70. The lowest BCUT2D eigenvalue weighted by molar-refractivity contribution is 0.115. The van der Waals surface area contributed by atoms with Crippen molar-refractivity contribution in [1.82, 2.24) is 0 Å². The van der Waals surface area contributed by atoms with Crippen molar-refractivity contribution in [3.05, 3.63) is 71.3 Å². The van der Waals surface area contributed by atoms with Gasteiger partial charge >= 0.3 is 0 Å². The van der Waals surface area contributed by atoms with Gasteiger partial charge in [-0.2, -0.15) is 5.26 Å². The minimum atomic E-state index is 0.0545. The molecule has 0 fully saturated rings. The van der Waals surface area contributed by atoms with Crippen LogP contribution in [0.1, 0.15) is 17.0 Å². The van der Waals surface area contributed by atoms with Crippen molar-refractivity contribution in [3.63, 3.8) is 0 Å². The van der Waals surface area contributed by atoms with Gasteiger partial charge in [0.05, 0.1) is 24.9 Å². The number of hydrogen-bond acceptors (Lipinski definition) is 3. The van der Waals surface area contributed by atoms with E-state index in [-0.39, 0.29) is 11.8 Å². The number of nitriles is 1. The molecule has 0 aromatic heterocycles. The third kappa shape index (κ3) is 1.96. The zero-order valence-corrected chi connectivity index (χ0v) is 12.0. The normalized spacial score (nSPS) is 22.7. The van der Waals surface area contributed by atoms with Crippen LogP contribution in [0, 0.1) is 17.2 Å². The van der Waals surface area contributed by atoms with Crippen LogP contribution in [-0.4, -0.2) is 13.2 Å². The molecular weight excluding hydrogens is 274 g/mol. The average molecular weight is 289 g/mol. The molecule has 0 radical (unpaired) electrons. The Morgan fingerprint density at radius 3 is 2.45 bits per heavy atom. The molecule has 2 atom stereocenters. The average Bonchev–Trinajstić information content (AvgIpc) is 2.61. The third-order valence-corrected chi connectivity index (χ3v) is 4.33. The van der Waals surface area contributed by atoms with Crippen LogP contribution in [0.25, 0.3) is 5.76 Å². The molecule has 2 aromatic carbocycles. The van der Waals surface area contributed by atoms with Crippen molar-refractivity contribution in [2.45, 2.75) is 5.92 Å². The zero-order valence-electron chi connectivity index (χ0n) is 12.0. The van der Waals surface area contributed by atoms with Crippen LogP contribution in [0.3, 0.4) is 0 Å². The Kier molecular flexibility index (Phi) is 3.08. The highest BCUT2D eigenvalue weighted by Crippen LogP contribution is 2.46. The first kappa shape index (κ1) is 13.0. The second-order valence-electron chi connectivity index (χ2n) is 5.62. The maximum atomic E-state index is 9.76. The van der Waals surface area contributed by atoms with Gasteiger partial charge in [0, 0.05) is 23.0 Å². The Bertz CT molecular complexity index is 774. The van der Waals surface area contributed by atoms with Crippen molar-refractivity contribution in [3.8, 4) is 11.8 Å². The minimum Gasteiger partial charge on any atom is -0.493 e. The largest absolute Gasteiger partial charge is 0.493 e. The van der Waals surface area contributed by atoms with Gasteiger partial charge in [0.1, 0.15) is 11.5 Å². The topological polar surface area (TPSA) is 42.2 Å². The number of ether oxygens (including phenoxy) is 2. The molecular formula is C19H15NO2.